The van der Waals surface area contributed by atoms with Gasteiger partial charge in [0, 0.05) is 31.1 Å². The van der Waals surface area contributed by atoms with E-state index in [0.29, 0.717) is 22.9 Å². The third kappa shape index (κ3) is 3.66. The summed E-state index contributed by atoms with van der Waals surface area (Å²) in [6, 6.07) is 16.2. The monoisotopic (exact) mass is 369 g/mol. The van der Waals surface area contributed by atoms with Gasteiger partial charge in [-0.2, -0.15) is 0 Å². The number of carbonyl (C=O) groups excluding carboxylic acids is 1. The smallest absolute Gasteiger partial charge is 0.269 e. The van der Waals surface area contributed by atoms with Crippen molar-refractivity contribution >= 4 is 41.9 Å². The number of ether oxygens (including phenoxy) is 1. The number of nitrogens with one attached hydrogen (secondary N) is 3. The van der Waals surface area contributed by atoms with Gasteiger partial charge in [-0.3, -0.25) is 9.78 Å². The lowest BCUT2D eigenvalue weighted by molar-refractivity contribution is 0.0958. The van der Waals surface area contributed by atoms with Crippen molar-refractivity contribution in [1.82, 2.24) is 20.3 Å². The first-order valence-corrected chi connectivity index (χ1v) is 8.59. The van der Waals surface area contributed by atoms with Gasteiger partial charge < -0.3 is 20.4 Å². The van der Waals surface area contributed by atoms with E-state index in [2.05, 4.69) is 25.6 Å². The molecule has 136 valence electrons. The van der Waals surface area contributed by atoms with Gasteiger partial charge >= 0.3 is 0 Å². The number of benzene rings is 2. The van der Waals surface area contributed by atoms with Crippen LogP contribution in [0.4, 0.5) is 11.6 Å². The topological polar surface area (TPSA) is 91.9 Å². The van der Waals surface area contributed by atoms with Crippen LogP contribution in [0.2, 0.25) is 0 Å². The van der Waals surface area contributed by atoms with Gasteiger partial charge in [0.05, 0.1) is 11.0 Å². The molecule has 4 rings (SSSR count). The second-order valence-electron chi connectivity index (χ2n) is 6.03. The third-order valence-corrected chi connectivity index (χ3v) is 4.09. The first-order valence-electron chi connectivity index (χ1n) is 8.59. The van der Waals surface area contributed by atoms with E-state index in [9.17, 15) is 4.79 Å². The molecule has 0 saturated carbocycles. The summed E-state index contributed by atoms with van der Waals surface area (Å²) in [5, 5.41) is 5.71. The minimum atomic E-state index is -0.273. The van der Waals surface area contributed by atoms with Crippen LogP contribution in [0.3, 0.4) is 0 Å². The molecule has 0 saturated heterocycles. The minimum absolute atomic E-state index is 0.273. The normalized spacial score (nSPS) is 10.6. The van der Waals surface area contributed by atoms with Crippen LogP contribution >= 0.6 is 0 Å². The number of amides is 1. The quantitative estimate of drug-likeness (QED) is 0.471. The molecule has 2 aromatic carbocycles. The lowest BCUT2D eigenvalue weighted by Gasteiger charge is -2.06. The standard InChI is InChI=1S/C20H16BN5O2/c1-22-19(27)18-11-13(8-9-23-18)28-12-6-7-16-17(10-12)26-20(25-16)24-15-5-3-2-4-14(15)21/h2-11H,1H3,(H,22,27)(H2,24,25,26). The molecule has 1 amide bonds. The Hall–Kier alpha value is -3.81. The molecule has 0 spiro atoms. The van der Waals surface area contributed by atoms with Crippen LogP contribution in [-0.4, -0.2) is 35.8 Å². The average Bonchev–Trinajstić information content (AvgIpc) is 3.11. The number of imidazole rings is 1. The Bertz CT molecular complexity index is 1160. The Balaban J connectivity index is 1.57. The molecule has 0 aliphatic heterocycles. The van der Waals surface area contributed by atoms with Crippen LogP contribution in [0.5, 0.6) is 11.5 Å². The van der Waals surface area contributed by atoms with Gasteiger partial charge in [0.25, 0.3) is 5.91 Å². The van der Waals surface area contributed by atoms with Gasteiger partial charge in [0.1, 0.15) is 25.0 Å². The average molecular weight is 369 g/mol. The largest absolute Gasteiger partial charge is 0.457 e. The third-order valence-electron chi connectivity index (χ3n) is 4.09. The maximum Gasteiger partial charge on any atom is 0.269 e. The number of fused-ring (bicyclic) bond motifs is 1. The zero-order valence-corrected chi connectivity index (χ0v) is 15.1. The zero-order valence-electron chi connectivity index (χ0n) is 15.1. The summed E-state index contributed by atoms with van der Waals surface area (Å²) in [7, 11) is 7.51. The van der Waals surface area contributed by atoms with Crippen molar-refractivity contribution in [2.24, 2.45) is 0 Å². The van der Waals surface area contributed by atoms with E-state index < -0.39 is 0 Å². The fraction of sp³-hybridized carbons (Fsp3) is 0.0500. The number of H-pyrrole nitrogens is 1. The number of para-hydroxylation sites is 1. The van der Waals surface area contributed by atoms with Gasteiger partial charge in [0.2, 0.25) is 5.95 Å². The molecule has 0 aliphatic rings. The first kappa shape index (κ1) is 17.6. The highest BCUT2D eigenvalue weighted by Crippen LogP contribution is 2.26. The summed E-state index contributed by atoms with van der Waals surface area (Å²) in [5.41, 5.74) is 3.28. The molecule has 0 fully saturated rings. The fourth-order valence-electron chi connectivity index (χ4n) is 2.71. The van der Waals surface area contributed by atoms with E-state index in [0.717, 1.165) is 16.7 Å². The van der Waals surface area contributed by atoms with Crippen molar-refractivity contribution < 1.29 is 9.53 Å². The van der Waals surface area contributed by atoms with Crippen LogP contribution in [0.1, 0.15) is 10.5 Å². The molecule has 2 aromatic heterocycles. The summed E-state index contributed by atoms with van der Waals surface area (Å²) in [5.74, 6) is 1.43. The second kappa shape index (κ2) is 7.44. The maximum atomic E-state index is 11.7. The van der Waals surface area contributed by atoms with Crippen LogP contribution in [0.25, 0.3) is 11.0 Å². The minimum Gasteiger partial charge on any atom is -0.457 e. The number of anilines is 2. The van der Waals surface area contributed by atoms with E-state index in [-0.39, 0.29) is 11.6 Å². The highest BCUT2D eigenvalue weighted by Gasteiger charge is 2.09. The van der Waals surface area contributed by atoms with Crippen LogP contribution in [-0.2, 0) is 0 Å². The summed E-state index contributed by atoms with van der Waals surface area (Å²) in [6.45, 7) is 0. The second-order valence-corrected chi connectivity index (χ2v) is 6.03. The Morgan fingerprint density at radius 3 is 2.75 bits per heavy atom. The van der Waals surface area contributed by atoms with E-state index in [1.165, 1.54) is 6.20 Å². The van der Waals surface area contributed by atoms with Gasteiger partial charge in [-0.15, -0.1) is 0 Å². The van der Waals surface area contributed by atoms with Crippen molar-refractivity contribution in [3.05, 3.63) is 66.5 Å². The fourth-order valence-corrected chi connectivity index (χ4v) is 2.71. The maximum absolute atomic E-state index is 11.7. The highest BCUT2D eigenvalue weighted by molar-refractivity contribution is 6.35. The molecule has 4 aromatic rings. The number of aromatic amines is 1. The molecule has 2 radical (unpaired) electrons. The number of hydrogen-bond acceptors (Lipinski definition) is 5. The molecule has 0 bridgehead atoms. The molecular formula is C20H16BN5O2. The number of aromatic nitrogens is 3. The SMILES string of the molecule is [B]c1ccccc1Nc1nc2ccc(Oc3ccnc(C(=O)NC)c3)cc2[nH]1. The molecule has 28 heavy (non-hydrogen) atoms. The Morgan fingerprint density at radius 2 is 1.93 bits per heavy atom. The highest BCUT2D eigenvalue weighted by atomic mass is 16.5. The number of nitrogens with zero attached hydrogens (tertiary/aromatic N) is 2. The molecule has 8 heteroatoms. The van der Waals surface area contributed by atoms with Gasteiger partial charge in [-0.1, -0.05) is 23.7 Å². The zero-order chi connectivity index (χ0) is 19.5. The predicted octanol–water partition coefficient (Wildman–Crippen LogP) is 2.65. The van der Waals surface area contributed by atoms with Crippen molar-refractivity contribution in [2.45, 2.75) is 0 Å². The predicted molar refractivity (Wildman–Crippen MR) is 109 cm³/mol. The van der Waals surface area contributed by atoms with Gasteiger partial charge in [-0.25, -0.2) is 4.98 Å². The number of carbonyl (C=O) groups is 1. The van der Waals surface area contributed by atoms with Crippen LogP contribution < -0.4 is 20.8 Å². The molecule has 0 aliphatic carbocycles. The molecule has 3 N–H and O–H groups in total. The Labute approximate surface area is 162 Å². The van der Waals surface area contributed by atoms with Crippen molar-refractivity contribution in [1.29, 1.82) is 0 Å². The molecule has 0 unspecified atom stereocenters. The van der Waals surface area contributed by atoms with Crippen LogP contribution in [0, 0.1) is 0 Å². The molecule has 7 nitrogen and oxygen atoms in total. The van der Waals surface area contributed by atoms with Gasteiger partial charge in [0.15, 0.2) is 0 Å². The summed E-state index contributed by atoms with van der Waals surface area (Å²) < 4.78 is 5.86. The number of hydrogen-bond donors (Lipinski definition) is 3. The number of rotatable bonds is 5. The van der Waals surface area contributed by atoms with E-state index in [4.69, 9.17) is 12.6 Å². The van der Waals surface area contributed by atoms with Crippen molar-refractivity contribution in [2.75, 3.05) is 12.4 Å². The summed E-state index contributed by atoms with van der Waals surface area (Å²) >= 11 is 0. The molecular weight excluding hydrogens is 353 g/mol. The molecule has 2 heterocycles. The number of pyridine rings is 1. The Morgan fingerprint density at radius 1 is 1.11 bits per heavy atom. The lowest BCUT2D eigenvalue weighted by Crippen LogP contribution is -2.18. The van der Waals surface area contributed by atoms with Crippen molar-refractivity contribution in [3.8, 4) is 11.5 Å². The van der Waals surface area contributed by atoms with Gasteiger partial charge in [-0.05, 0) is 24.3 Å². The van der Waals surface area contributed by atoms with Crippen LogP contribution in [0.15, 0.2) is 60.8 Å². The molecule has 0 atom stereocenters. The summed E-state index contributed by atoms with van der Waals surface area (Å²) in [6.07, 6.45) is 1.53. The van der Waals surface area contributed by atoms with E-state index >= 15 is 0 Å². The lowest BCUT2D eigenvalue weighted by atomic mass is 9.94. The summed E-state index contributed by atoms with van der Waals surface area (Å²) in [4.78, 5) is 23.4. The van der Waals surface area contributed by atoms with E-state index in [1.807, 2.05) is 42.5 Å². The first-order chi connectivity index (χ1) is 13.6. The van der Waals surface area contributed by atoms with E-state index in [1.54, 1.807) is 19.2 Å². The Kier molecular flexibility index (Phi) is 4.68. The van der Waals surface area contributed by atoms with Crippen molar-refractivity contribution in [3.63, 3.8) is 0 Å².